The van der Waals surface area contributed by atoms with Gasteiger partial charge in [-0.25, -0.2) is 0 Å². The first-order valence-corrected chi connectivity index (χ1v) is 9.54. The van der Waals surface area contributed by atoms with Crippen molar-refractivity contribution in [1.82, 2.24) is 10.2 Å². The molecule has 21 heavy (non-hydrogen) atoms. The van der Waals surface area contributed by atoms with Crippen LogP contribution < -0.4 is 5.32 Å². The van der Waals surface area contributed by atoms with E-state index in [1.165, 1.54) is 70.9 Å². The molecule has 122 valence electrons. The van der Waals surface area contributed by atoms with E-state index in [9.17, 15) is 0 Å². The van der Waals surface area contributed by atoms with Crippen molar-refractivity contribution >= 4 is 0 Å². The van der Waals surface area contributed by atoms with Crippen LogP contribution in [0.25, 0.3) is 0 Å². The molecule has 2 aliphatic carbocycles. The van der Waals surface area contributed by atoms with Gasteiger partial charge in [0.15, 0.2) is 0 Å². The van der Waals surface area contributed by atoms with Gasteiger partial charge in [0.05, 0.1) is 0 Å². The van der Waals surface area contributed by atoms with Crippen LogP contribution in [0.3, 0.4) is 0 Å². The zero-order chi connectivity index (χ0) is 14.9. The van der Waals surface area contributed by atoms with E-state index in [0.717, 1.165) is 18.0 Å². The Morgan fingerprint density at radius 2 is 1.62 bits per heavy atom. The molecular formula is C19H36N2. The van der Waals surface area contributed by atoms with E-state index in [2.05, 4.69) is 31.0 Å². The van der Waals surface area contributed by atoms with Crippen molar-refractivity contribution in [1.29, 1.82) is 0 Å². The Morgan fingerprint density at radius 3 is 2.24 bits per heavy atom. The lowest BCUT2D eigenvalue weighted by Gasteiger charge is -2.47. The number of likely N-dealkylation sites (tertiary alicyclic amines) is 1. The van der Waals surface area contributed by atoms with E-state index < -0.39 is 0 Å². The Labute approximate surface area is 132 Å². The zero-order valence-corrected chi connectivity index (χ0v) is 14.6. The summed E-state index contributed by atoms with van der Waals surface area (Å²) in [5.41, 5.74) is 1.22. The maximum absolute atomic E-state index is 3.81. The molecule has 1 aliphatic heterocycles. The van der Waals surface area contributed by atoms with Crippen LogP contribution in [0.1, 0.15) is 78.6 Å². The highest BCUT2D eigenvalue weighted by molar-refractivity contribution is 5.02. The molecule has 2 nitrogen and oxygen atoms in total. The summed E-state index contributed by atoms with van der Waals surface area (Å²) >= 11 is 0. The highest BCUT2D eigenvalue weighted by atomic mass is 15.2. The highest BCUT2D eigenvalue weighted by Crippen LogP contribution is 2.47. The number of hydrogen-bond donors (Lipinski definition) is 1. The van der Waals surface area contributed by atoms with Gasteiger partial charge in [-0.05, 0) is 69.0 Å². The van der Waals surface area contributed by atoms with Crippen LogP contribution in [0.15, 0.2) is 0 Å². The summed E-state index contributed by atoms with van der Waals surface area (Å²) in [4.78, 5) is 2.85. The lowest BCUT2D eigenvalue weighted by Crippen LogP contribution is -2.54. The minimum absolute atomic E-state index is 0.473. The van der Waals surface area contributed by atoms with Gasteiger partial charge in [0, 0.05) is 12.1 Å². The molecule has 0 radical (unpaired) electrons. The summed E-state index contributed by atoms with van der Waals surface area (Å²) in [7, 11) is 0. The molecule has 1 saturated heterocycles. The summed E-state index contributed by atoms with van der Waals surface area (Å²) in [5, 5.41) is 3.81. The summed E-state index contributed by atoms with van der Waals surface area (Å²) < 4.78 is 0. The Morgan fingerprint density at radius 1 is 0.952 bits per heavy atom. The molecule has 0 aromatic carbocycles. The number of nitrogens with zero attached hydrogens (tertiary/aromatic N) is 1. The lowest BCUT2D eigenvalue weighted by molar-refractivity contribution is 0.0346. The van der Waals surface area contributed by atoms with E-state index in [0.29, 0.717) is 11.5 Å². The molecule has 2 saturated carbocycles. The second-order valence-electron chi connectivity index (χ2n) is 8.73. The van der Waals surface area contributed by atoms with E-state index >= 15 is 0 Å². The summed E-state index contributed by atoms with van der Waals surface area (Å²) in [5.74, 6) is 0. The maximum Gasteiger partial charge on any atom is 0.0274 e. The Kier molecular flexibility index (Phi) is 4.66. The first-order chi connectivity index (χ1) is 10.1. The predicted molar refractivity (Wildman–Crippen MR) is 90.6 cm³/mol. The third kappa shape index (κ3) is 3.17. The molecule has 3 rings (SSSR count). The maximum atomic E-state index is 3.81. The lowest BCUT2D eigenvalue weighted by atomic mass is 9.68. The molecule has 0 aromatic heterocycles. The molecule has 1 heterocycles. The number of nitrogens with one attached hydrogen (secondary N) is 1. The van der Waals surface area contributed by atoms with Gasteiger partial charge in [0.1, 0.15) is 0 Å². The van der Waals surface area contributed by atoms with Gasteiger partial charge in [-0.15, -0.1) is 0 Å². The predicted octanol–water partition coefficient (Wildman–Crippen LogP) is 4.20. The standard InChI is InChI=1S/C19H36N2/c1-4-20-17-16(8-11-18(17,2)3)21-14-12-19(13-15-21)9-6-5-7-10-19/h16-17,20H,4-15H2,1-3H3. The first kappa shape index (κ1) is 15.8. The zero-order valence-electron chi connectivity index (χ0n) is 14.6. The highest BCUT2D eigenvalue weighted by Gasteiger charge is 2.46. The van der Waals surface area contributed by atoms with Crippen LogP contribution in [0.2, 0.25) is 0 Å². The second kappa shape index (κ2) is 6.20. The fourth-order valence-corrected chi connectivity index (χ4v) is 5.52. The van der Waals surface area contributed by atoms with Gasteiger partial charge < -0.3 is 5.32 Å². The van der Waals surface area contributed by atoms with Crippen molar-refractivity contribution in [3.8, 4) is 0 Å². The molecule has 2 heteroatoms. The van der Waals surface area contributed by atoms with Crippen LogP contribution in [0.4, 0.5) is 0 Å². The fourth-order valence-electron chi connectivity index (χ4n) is 5.52. The van der Waals surface area contributed by atoms with Crippen molar-refractivity contribution in [2.24, 2.45) is 10.8 Å². The van der Waals surface area contributed by atoms with Crippen LogP contribution in [0.5, 0.6) is 0 Å². The number of hydrogen-bond acceptors (Lipinski definition) is 2. The van der Waals surface area contributed by atoms with Crippen LogP contribution >= 0.6 is 0 Å². The molecule has 0 bridgehead atoms. The van der Waals surface area contributed by atoms with Crippen molar-refractivity contribution < 1.29 is 0 Å². The molecule has 0 amide bonds. The van der Waals surface area contributed by atoms with Gasteiger partial charge in [0.25, 0.3) is 0 Å². The monoisotopic (exact) mass is 292 g/mol. The van der Waals surface area contributed by atoms with Crippen molar-refractivity contribution in [3.05, 3.63) is 0 Å². The van der Waals surface area contributed by atoms with Gasteiger partial charge in [-0.2, -0.15) is 0 Å². The van der Waals surface area contributed by atoms with Gasteiger partial charge in [0.2, 0.25) is 0 Å². The average molecular weight is 293 g/mol. The quantitative estimate of drug-likeness (QED) is 0.838. The molecule has 1 N–H and O–H groups in total. The normalized spacial score (nSPS) is 36.1. The minimum Gasteiger partial charge on any atom is -0.312 e. The van der Waals surface area contributed by atoms with Gasteiger partial charge in [-0.3, -0.25) is 4.90 Å². The molecule has 0 aromatic rings. The minimum atomic E-state index is 0.473. The van der Waals surface area contributed by atoms with Crippen LogP contribution in [-0.2, 0) is 0 Å². The van der Waals surface area contributed by atoms with E-state index in [-0.39, 0.29) is 0 Å². The number of piperidine rings is 1. The van der Waals surface area contributed by atoms with Crippen molar-refractivity contribution in [2.75, 3.05) is 19.6 Å². The smallest absolute Gasteiger partial charge is 0.0274 e. The van der Waals surface area contributed by atoms with Crippen LogP contribution in [-0.4, -0.2) is 36.6 Å². The summed E-state index contributed by atoms with van der Waals surface area (Å²) in [6, 6.07) is 1.49. The van der Waals surface area contributed by atoms with Crippen LogP contribution in [0, 0.1) is 10.8 Å². The van der Waals surface area contributed by atoms with Crippen molar-refractivity contribution in [2.45, 2.75) is 90.6 Å². The summed E-state index contributed by atoms with van der Waals surface area (Å²) in [6.45, 7) is 11.0. The molecule has 2 atom stereocenters. The summed E-state index contributed by atoms with van der Waals surface area (Å²) in [6.07, 6.45) is 13.3. The largest absolute Gasteiger partial charge is 0.312 e. The second-order valence-corrected chi connectivity index (χ2v) is 8.73. The molecule has 1 spiro atoms. The van der Waals surface area contributed by atoms with Crippen molar-refractivity contribution in [3.63, 3.8) is 0 Å². The number of likely N-dealkylation sites (N-methyl/N-ethyl adjacent to an activating group) is 1. The third-order valence-corrected chi connectivity index (χ3v) is 6.98. The SMILES string of the molecule is CCNC1C(N2CCC3(CCCCC3)CC2)CCC1(C)C. The Hall–Kier alpha value is -0.0800. The molecule has 3 aliphatic rings. The first-order valence-electron chi connectivity index (χ1n) is 9.54. The Bertz CT molecular complexity index is 333. The number of rotatable bonds is 3. The van der Waals surface area contributed by atoms with E-state index in [1.54, 1.807) is 0 Å². The third-order valence-electron chi connectivity index (χ3n) is 6.98. The molecular weight excluding hydrogens is 256 g/mol. The average Bonchev–Trinajstić information content (AvgIpc) is 2.77. The van der Waals surface area contributed by atoms with E-state index in [4.69, 9.17) is 0 Å². The molecule has 3 fully saturated rings. The fraction of sp³-hybridized carbons (Fsp3) is 1.00. The van der Waals surface area contributed by atoms with Gasteiger partial charge >= 0.3 is 0 Å². The van der Waals surface area contributed by atoms with Gasteiger partial charge in [-0.1, -0.05) is 40.0 Å². The van der Waals surface area contributed by atoms with E-state index in [1.807, 2.05) is 0 Å². The molecule has 2 unspecified atom stereocenters. The Balaban J connectivity index is 1.61. The topological polar surface area (TPSA) is 15.3 Å².